The number of pyridine rings is 2. The summed E-state index contributed by atoms with van der Waals surface area (Å²) in [5, 5.41) is 4.34. The maximum atomic E-state index is 12.9. The molecule has 1 N–H and O–H groups in total. The van der Waals surface area contributed by atoms with Crippen LogP contribution in [0.5, 0.6) is 0 Å². The normalized spacial score (nSPS) is 10.7. The second kappa shape index (κ2) is 6.94. The maximum Gasteiger partial charge on any atom is 0.256 e. The number of carbonyl (C=O) groups excluding carboxylic acids is 1. The Bertz CT molecular complexity index is 1080. The number of rotatable bonds is 3. The highest BCUT2D eigenvalue weighted by molar-refractivity contribution is 6.30. The van der Waals surface area contributed by atoms with Crippen molar-refractivity contribution in [3.05, 3.63) is 89.7 Å². The van der Waals surface area contributed by atoms with Crippen molar-refractivity contribution in [2.75, 3.05) is 5.32 Å². The third-order valence-corrected chi connectivity index (χ3v) is 4.27. The molecule has 0 bridgehead atoms. The standard InChI is InChI=1S/C21H14ClN3O/c22-15-9-7-14(8-10-15)20-12-18(17-5-1-2-6-19(17)25-20)21(26)24-16-4-3-11-23-13-16/h1-13H,(H,24,26). The van der Waals surface area contributed by atoms with E-state index in [1.807, 2.05) is 48.5 Å². The van der Waals surface area contributed by atoms with Gasteiger partial charge in [0.15, 0.2) is 0 Å². The van der Waals surface area contributed by atoms with Crippen molar-refractivity contribution in [3.8, 4) is 11.3 Å². The van der Waals surface area contributed by atoms with Gasteiger partial charge in [0.2, 0.25) is 0 Å². The van der Waals surface area contributed by atoms with Gasteiger partial charge >= 0.3 is 0 Å². The molecule has 0 saturated carbocycles. The minimum atomic E-state index is -0.202. The van der Waals surface area contributed by atoms with Gasteiger partial charge in [-0.15, -0.1) is 0 Å². The van der Waals surface area contributed by atoms with Crippen LogP contribution in [0.2, 0.25) is 5.02 Å². The molecule has 0 atom stereocenters. The quantitative estimate of drug-likeness (QED) is 0.546. The Morgan fingerprint density at radius 2 is 1.77 bits per heavy atom. The van der Waals surface area contributed by atoms with Crippen LogP contribution in [0, 0.1) is 0 Å². The lowest BCUT2D eigenvalue weighted by Crippen LogP contribution is -2.13. The van der Waals surface area contributed by atoms with Crippen LogP contribution < -0.4 is 5.32 Å². The van der Waals surface area contributed by atoms with Gasteiger partial charge in [-0.25, -0.2) is 4.98 Å². The van der Waals surface area contributed by atoms with Crippen molar-refractivity contribution in [1.29, 1.82) is 0 Å². The summed E-state index contributed by atoms with van der Waals surface area (Å²) in [6.07, 6.45) is 3.28. The van der Waals surface area contributed by atoms with E-state index < -0.39 is 0 Å². The molecular weight excluding hydrogens is 346 g/mol. The molecule has 1 amide bonds. The van der Waals surface area contributed by atoms with Gasteiger partial charge in [-0.1, -0.05) is 41.9 Å². The van der Waals surface area contributed by atoms with E-state index in [-0.39, 0.29) is 5.91 Å². The largest absolute Gasteiger partial charge is 0.321 e. The molecule has 0 fully saturated rings. The van der Waals surface area contributed by atoms with Crippen molar-refractivity contribution in [2.45, 2.75) is 0 Å². The van der Waals surface area contributed by atoms with Crippen molar-refractivity contribution in [3.63, 3.8) is 0 Å². The van der Waals surface area contributed by atoms with Crippen molar-refractivity contribution >= 4 is 34.1 Å². The molecule has 26 heavy (non-hydrogen) atoms. The first-order chi connectivity index (χ1) is 12.7. The van der Waals surface area contributed by atoms with E-state index in [1.165, 1.54) is 0 Å². The first-order valence-electron chi connectivity index (χ1n) is 8.08. The van der Waals surface area contributed by atoms with Crippen molar-refractivity contribution in [1.82, 2.24) is 9.97 Å². The van der Waals surface area contributed by atoms with Gasteiger partial charge in [0.05, 0.1) is 28.7 Å². The summed E-state index contributed by atoms with van der Waals surface area (Å²) in [6, 6.07) is 20.4. The van der Waals surface area contributed by atoms with E-state index in [1.54, 1.807) is 30.6 Å². The second-order valence-electron chi connectivity index (χ2n) is 5.77. The van der Waals surface area contributed by atoms with Crippen LogP contribution >= 0.6 is 11.6 Å². The summed E-state index contributed by atoms with van der Waals surface area (Å²) in [5.74, 6) is -0.202. The van der Waals surface area contributed by atoms with Gasteiger partial charge < -0.3 is 5.32 Å². The van der Waals surface area contributed by atoms with Gasteiger partial charge in [0, 0.05) is 22.2 Å². The molecule has 5 heteroatoms. The number of fused-ring (bicyclic) bond motifs is 1. The molecule has 0 spiro atoms. The Kier molecular flexibility index (Phi) is 4.33. The zero-order valence-electron chi connectivity index (χ0n) is 13.7. The summed E-state index contributed by atoms with van der Waals surface area (Å²) in [7, 11) is 0. The Balaban J connectivity index is 1.82. The fourth-order valence-electron chi connectivity index (χ4n) is 2.77. The number of nitrogens with one attached hydrogen (secondary N) is 1. The van der Waals surface area contributed by atoms with Gasteiger partial charge in [0.25, 0.3) is 5.91 Å². The zero-order chi connectivity index (χ0) is 17.9. The highest BCUT2D eigenvalue weighted by atomic mass is 35.5. The lowest BCUT2D eigenvalue weighted by Gasteiger charge is -2.10. The number of para-hydroxylation sites is 1. The van der Waals surface area contributed by atoms with Crippen LogP contribution in [-0.4, -0.2) is 15.9 Å². The molecule has 2 aromatic heterocycles. The third-order valence-electron chi connectivity index (χ3n) is 4.02. The predicted octanol–water partition coefficient (Wildman–Crippen LogP) is 5.20. The van der Waals surface area contributed by atoms with Gasteiger partial charge in [-0.3, -0.25) is 9.78 Å². The smallest absolute Gasteiger partial charge is 0.256 e. The van der Waals surface area contributed by atoms with E-state index in [4.69, 9.17) is 11.6 Å². The SMILES string of the molecule is O=C(Nc1cccnc1)c1cc(-c2ccc(Cl)cc2)nc2ccccc12. The monoisotopic (exact) mass is 359 g/mol. The molecule has 2 heterocycles. The average Bonchev–Trinajstić information content (AvgIpc) is 2.68. The van der Waals surface area contributed by atoms with E-state index >= 15 is 0 Å². The van der Waals surface area contributed by atoms with Gasteiger partial charge in [-0.2, -0.15) is 0 Å². The molecule has 126 valence electrons. The minimum absolute atomic E-state index is 0.202. The second-order valence-corrected chi connectivity index (χ2v) is 6.21. The zero-order valence-corrected chi connectivity index (χ0v) is 14.4. The van der Waals surface area contributed by atoms with Crippen molar-refractivity contribution in [2.24, 2.45) is 0 Å². The molecule has 0 saturated heterocycles. The molecule has 0 aliphatic rings. The van der Waals surface area contributed by atoms with Gasteiger partial charge in [0.1, 0.15) is 0 Å². The molecule has 4 aromatic rings. The summed E-state index contributed by atoms with van der Waals surface area (Å²) >= 11 is 5.98. The number of benzene rings is 2. The van der Waals surface area contributed by atoms with Crippen LogP contribution in [0.3, 0.4) is 0 Å². The highest BCUT2D eigenvalue weighted by Crippen LogP contribution is 2.26. The number of aromatic nitrogens is 2. The van der Waals surface area contributed by atoms with Crippen LogP contribution in [-0.2, 0) is 0 Å². The maximum absolute atomic E-state index is 12.9. The fraction of sp³-hybridized carbons (Fsp3) is 0. The number of halogens is 1. The topological polar surface area (TPSA) is 54.9 Å². The third kappa shape index (κ3) is 3.27. The molecule has 4 nitrogen and oxygen atoms in total. The van der Waals surface area contributed by atoms with Crippen LogP contribution in [0.25, 0.3) is 22.2 Å². The van der Waals surface area contributed by atoms with E-state index in [0.29, 0.717) is 16.3 Å². The van der Waals surface area contributed by atoms with Crippen LogP contribution in [0.1, 0.15) is 10.4 Å². The number of hydrogen-bond acceptors (Lipinski definition) is 3. The van der Waals surface area contributed by atoms with Crippen LogP contribution in [0.4, 0.5) is 5.69 Å². The fourth-order valence-corrected chi connectivity index (χ4v) is 2.89. The minimum Gasteiger partial charge on any atom is -0.321 e. The van der Waals surface area contributed by atoms with E-state index in [0.717, 1.165) is 22.2 Å². The number of carbonyl (C=O) groups is 1. The van der Waals surface area contributed by atoms with Gasteiger partial charge in [-0.05, 0) is 36.4 Å². The van der Waals surface area contributed by atoms with Crippen LogP contribution in [0.15, 0.2) is 79.1 Å². The molecular formula is C21H14ClN3O. The summed E-state index contributed by atoms with van der Waals surface area (Å²) in [4.78, 5) is 21.6. The molecule has 0 aliphatic heterocycles. The Labute approximate surface area is 155 Å². The molecule has 4 rings (SSSR count). The summed E-state index contributed by atoms with van der Waals surface area (Å²) < 4.78 is 0. The number of anilines is 1. The molecule has 0 aliphatic carbocycles. The Morgan fingerprint density at radius 1 is 0.962 bits per heavy atom. The number of nitrogens with zero attached hydrogens (tertiary/aromatic N) is 2. The Morgan fingerprint density at radius 3 is 2.54 bits per heavy atom. The number of amides is 1. The molecule has 0 radical (unpaired) electrons. The predicted molar refractivity (Wildman–Crippen MR) is 104 cm³/mol. The molecule has 2 aromatic carbocycles. The lowest BCUT2D eigenvalue weighted by molar-refractivity contribution is 0.102. The van der Waals surface area contributed by atoms with Crippen molar-refractivity contribution < 1.29 is 4.79 Å². The average molecular weight is 360 g/mol. The summed E-state index contributed by atoms with van der Waals surface area (Å²) in [5.41, 5.74) is 3.58. The lowest BCUT2D eigenvalue weighted by atomic mass is 10.0. The van der Waals surface area contributed by atoms with E-state index in [9.17, 15) is 4.79 Å². The Hall–Kier alpha value is -3.24. The van der Waals surface area contributed by atoms with E-state index in [2.05, 4.69) is 15.3 Å². The molecule has 0 unspecified atom stereocenters. The summed E-state index contributed by atoms with van der Waals surface area (Å²) in [6.45, 7) is 0. The number of hydrogen-bond donors (Lipinski definition) is 1. The first-order valence-corrected chi connectivity index (χ1v) is 8.45. The first kappa shape index (κ1) is 16.2. The highest BCUT2D eigenvalue weighted by Gasteiger charge is 2.14.